The lowest BCUT2D eigenvalue weighted by Gasteiger charge is -2.36. The van der Waals surface area contributed by atoms with Crippen LogP contribution in [0.5, 0.6) is 0 Å². The van der Waals surface area contributed by atoms with Gasteiger partial charge in [0.15, 0.2) is 5.78 Å². The van der Waals surface area contributed by atoms with E-state index in [-0.39, 0.29) is 5.78 Å². The molecule has 1 unspecified atom stereocenters. The third kappa shape index (κ3) is 3.40. The highest BCUT2D eigenvalue weighted by molar-refractivity contribution is 5.97. The van der Waals surface area contributed by atoms with E-state index in [4.69, 9.17) is 0 Å². The minimum atomic E-state index is -0.648. The van der Waals surface area contributed by atoms with E-state index in [0.717, 1.165) is 30.5 Å². The molecule has 1 fully saturated rings. The van der Waals surface area contributed by atoms with Crippen LogP contribution in [0.25, 0.3) is 0 Å². The number of aliphatic hydroxyl groups is 1. The van der Waals surface area contributed by atoms with Gasteiger partial charge in [0, 0.05) is 12.1 Å². The zero-order chi connectivity index (χ0) is 13.2. The SMILES string of the molecule is Cc1cccc(C(=O)CN2CCCC(C)(O)C2)c1. The van der Waals surface area contributed by atoms with Crippen LogP contribution in [0.15, 0.2) is 24.3 Å². The monoisotopic (exact) mass is 247 g/mol. The molecule has 0 bridgehead atoms. The first kappa shape index (κ1) is 13.2. The van der Waals surface area contributed by atoms with E-state index in [2.05, 4.69) is 0 Å². The minimum absolute atomic E-state index is 0.136. The molecule has 1 aromatic rings. The summed E-state index contributed by atoms with van der Waals surface area (Å²) in [7, 11) is 0. The summed E-state index contributed by atoms with van der Waals surface area (Å²) in [6.07, 6.45) is 1.77. The lowest BCUT2D eigenvalue weighted by Crippen LogP contribution is -2.47. The molecule has 1 aromatic carbocycles. The van der Waals surface area contributed by atoms with Gasteiger partial charge < -0.3 is 5.11 Å². The number of hydrogen-bond donors (Lipinski definition) is 1. The van der Waals surface area contributed by atoms with Crippen molar-refractivity contribution in [1.29, 1.82) is 0 Å². The number of piperidine rings is 1. The number of ketones is 1. The van der Waals surface area contributed by atoms with Crippen LogP contribution < -0.4 is 0 Å². The minimum Gasteiger partial charge on any atom is -0.389 e. The fourth-order valence-electron chi connectivity index (χ4n) is 2.57. The van der Waals surface area contributed by atoms with Crippen LogP contribution in [-0.4, -0.2) is 41.0 Å². The van der Waals surface area contributed by atoms with Crippen molar-refractivity contribution in [3.63, 3.8) is 0 Å². The number of aryl methyl sites for hydroxylation is 1. The van der Waals surface area contributed by atoms with E-state index in [1.165, 1.54) is 0 Å². The number of Topliss-reactive ketones (excluding diaryl/α,β-unsaturated/α-hetero) is 1. The predicted molar refractivity (Wildman–Crippen MR) is 71.8 cm³/mol. The zero-order valence-corrected chi connectivity index (χ0v) is 11.1. The molecule has 0 amide bonds. The Balaban J connectivity index is 1.99. The summed E-state index contributed by atoms with van der Waals surface area (Å²) in [6, 6.07) is 7.68. The van der Waals surface area contributed by atoms with Crippen LogP contribution in [0.4, 0.5) is 0 Å². The number of likely N-dealkylation sites (tertiary alicyclic amines) is 1. The van der Waals surface area contributed by atoms with E-state index in [9.17, 15) is 9.90 Å². The van der Waals surface area contributed by atoms with Crippen molar-refractivity contribution in [2.45, 2.75) is 32.3 Å². The molecule has 1 heterocycles. The number of β-amino-alcohol motifs (C(OH)–C–C–N with tert-alkyl or cyclic N) is 1. The first-order valence-electron chi connectivity index (χ1n) is 6.51. The van der Waals surface area contributed by atoms with Crippen molar-refractivity contribution >= 4 is 5.78 Å². The van der Waals surface area contributed by atoms with E-state index >= 15 is 0 Å². The Morgan fingerprint density at radius 3 is 2.94 bits per heavy atom. The maximum absolute atomic E-state index is 12.2. The molecular weight excluding hydrogens is 226 g/mol. The molecule has 0 spiro atoms. The van der Waals surface area contributed by atoms with Gasteiger partial charge in [0.1, 0.15) is 0 Å². The second kappa shape index (κ2) is 5.21. The summed E-state index contributed by atoms with van der Waals surface area (Å²) in [5, 5.41) is 10.0. The van der Waals surface area contributed by atoms with Gasteiger partial charge in [-0.05, 0) is 39.3 Å². The van der Waals surface area contributed by atoms with Crippen LogP contribution in [0, 0.1) is 6.92 Å². The maximum Gasteiger partial charge on any atom is 0.176 e. The topological polar surface area (TPSA) is 40.5 Å². The average molecular weight is 247 g/mol. The number of carbonyl (C=O) groups excluding carboxylic acids is 1. The molecule has 1 N–H and O–H groups in total. The van der Waals surface area contributed by atoms with E-state index in [0.29, 0.717) is 13.1 Å². The maximum atomic E-state index is 12.2. The fourth-order valence-corrected chi connectivity index (χ4v) is 2.57. The Labute approximate surface area is 108 Å². The lowest BCUT2D eigenvalue weighted by molar-refractivity contribution is -0.0132. The fraction of sp³-hybridized carbons (Fsp3) is 0.533. The number of rotatable bonds is 3. The Morgan fingerprint density at radius 1 is 1.50 bits per heavy atom. The highest BCUT2D eigenvalue weighted by Gasteiger charge is 2.29. The Morgan fingerprint density at radius 2 is 2.28 bits per heavy atom. The Hall–Kier alpha value is -1.19. The molecule has 0 aromatic heterocycles. The molecule has 1 aliphatic rings. The van der Waals surface area contributed by atoms with Crippen LogP contribution in [0.2, 0.25) is 0 Å². The van der Waals surface area contributed by atoms with Gasteiger partial charge in [-0.3, -0.25) is 9.69 Å². The van der Waals surface area contributed by atoms with Gasteiger partial charge >= 0.3 is 0 Å². The molecule has 0 radical (unpaired) electrons. The molecule has 1 saturated heterocycles. The van der Waals surface area contributed by atoms with Crippen LogP contribution >= 0.6 is 0 Å². The lowest BCUT2D eigenvalue weighted by atomic mass is 9.95. The molecule has 98 valence electrons. The normalized spacial score (nSPS) is 25.1. The summed E-state index contributed by atoms with van der Waals surface area (Å²) in [4.78, 5) is 14.2. The van der Waals surface area contributed by atoms with Gasteiger partial charge in [0.2, 0.25) is 0 Å². The van der Waals surface area contributed by atoms with Gasteiger partial charge in [-0.25, -0.2) is 0 Å². The number of carbonyl (C=O) groups is 1. The van der Waals surface area contributed by atoms with Crippen molar-refractivity contribution in [2.24, 2.45) is 0 Å². The molecule has 18 heavy (non-hydrogen) atoms. The van der Waals surface area contributed by atoms with Gasteiger partial charge in [0.25, 0.3) is 0 Å². The summed E-state index contributed by atoms with van der Waals surface area (Å²) in [5.41, 5.74) is 1.22. The first-order valence-corrected chi connectivity index (χ1v) is 6.51. The van der Waals surface area contributed by atoms with Crippen molar-refractivity contribution < 1.29 is 9.90 Å². The van der Waals surface area contributed by atoms with Crippen LogP contribution in [0.1, 0.15) is 35.7 Å². The third-order valence-corrected chi connectivity index (χ3v) is 3.46. The molecule has 0 saturated carbocycles. The van der Waals surface area contributed by atoms with Crippen LogP contribution in [-0.2, 0) is 0 Å². The number of nitrogens with zero attached hydrogens (tertiary/aromatic N) is 1. The van der Waals surface area contributed by atoms with E-state index in [1.807, 2.05) is 43.0 Å². The quantitative estimate of drug-likeness (QED) is 0.831. The van der Waals surface area contributed by atoms with Gasteiger partial charge in [0.05, 0.1) is 12.1 Å². The van der Waals surface area contributed by atoms with E-state index in [1.54, 1.807) is 0 Å². The zero-order valence-electron chi connectivity index (χ0n) is 11.1. The van der Waals surface area contributed by atoms with Crippen molar-refractivity contribution in [3.05, 3.63) is 35.4 Å². The first-order chi connectivity index (χ1) is 8.46. The smallest absolute Gasteiger partial charge is 0.176 e. The van der Waals surface area contributed by atoms with Crippen molar-refractivity contribution in [3.8, 4) is 0 Å². The Bertz CT molecular complexity index is 440. The predicted octanol–water partition coefficient (Wildman–Crippen LogP) is 2.02. The molecule has 3 nitrogen and oxygen atoms in total. The average Bonchev–Trinajstić information content (AvgIpc) is 2.27. The summed E-state index contributed by atoms with van der Waals surface area (Å²) in [6.45, 7) is 5.72. The highest BCUT2D eigenvalue weighted by atomic mass is 16.3. The molecule has 1 aliphatic heterocycles. The van der Waals surface area contributed by atoms with Gasteiger partial charge in [-0.15, -0.1) is 0 Å². The number of hydrogen-bond acceptors (Lipinski definition) is 3. The summed E-state index contributed by atoms with van der Waals surface area (Å²) in [5.74, 6) is 0.136. The summed E-state index contributed by atoms with van der Waals surface area (Å²) < 4.78 is 0. The molecule has 3 heteroatoms. The number of benzene rings is 1. The van der Waals surface area contributed by atoms with Gasteiger partial charge in [-0.1, -0.05) is 23.8 Å². The van der Waals surface area contributed by atoms with Crippen LogP contribution in [0.3, 0.4) is 0 Å². The molecular formula is C15H21NO2. The second-order valence-corrected chi connectivity index (χ2v) is 5.60. The molecule has 2 rings (SSSR count). The van der Waals surface area contributed by atoms with Gasteiger partial charge in [-0.2, -0.15) is 0 Å². The second-order valence-electron chi connectivity index (χ2n) is 5.60. The third-order valence-electron chi connectivity index (χ3n) is 3.46. The van der Waals surface area contributed by atoms with E-state index < -0.39 is 5.60 Å². The largest absolute Gasteiger partial charge is 0.389 e. The highest BCUT2D eigenvalue weighted by Crippen LogP contribution is 2.20. The van der Waals surface area contributed by atoms with Crippen molar-refractivity contribution in [2.75, 3.05) is 19.6 Å². The molecule has 0 aliphatic carbocycles. The van der Waals surface area contributed by atoms with Crippen molar-refractivity contribution in [1.82, 2.24) is 4.90 Å². The molecule has 1 atom stereocenters. The summed E-state index contributed by atoms with van der Waals surface area (Å²) >= 11 is 0. The standard InChI is InChI=1S/C15H21NO2/c1-12-5-3-6-13(9-12)14(17)10-16-8-4-7-15(2,18)11-16/h3,5-6,9,18H,4,7-8,10-11H2,1-2H3. The Kier molecular flexibility index (Phi) is 3.83.